The number of amides is 2. The number of nitrogens with zero attached hydrogens (tertiary/aromatic N) is 1. The van der Waals surface area contributed by atoms with Crippen LogP contribution >= 0.6 is 0 Å². The third-order valence-electron chi connectivity index (χ3n) is 5.85. The highest BCUT2D eigenvalue weighted by atomic mass is 16.5. The topological polar surface area (TPSA) is 58.6 Å². The molecule has 0 spiro atoms. The van der Waals surface area contributed by atoms with Crippen LogP contribution in [0.1, 0.15) is 57.4 Å². The number of benzene rings is 1. The Balaban J connectivity index is 1.39. The van der Waals surface area contributed by atoms with E-state index >= 15 is 0 Å². The molecule has 5 nitrogen and oxygen atoms in total. The lowest BCUT2D eigenvalue weighted by molar-refractivity contribution is -0.134. The van der Waals surface area contributed by atoms with E-state index in [-0.39, 0.29) is 23.5 Å². The largest absolute Gasteiger partial charge is 0.373 e. The number of ether oxygens (including phenoxy) is 1. The van der Waals surface area contributed by atoms with Gasteiger partial charge in [-0.25, -0.2) is 0 Å². The number of piperidine rings is 1. The van der Waals surface area contributed by atoms with E-state index in [0.29, 0.717) is 19.4 Å². The molecule has 2 fully saturated rings. The molecule has 0 radical (unpaired) electrons. The minimum absolute atomic E-state index is 0.121. The zero-order valence-corrected chi connectivity index (χ0v) is 15.7. The van der Waals surface area contributed by atoms with Crippen molar-refractivity contribution in [3.05, 3.63) is 35.9 Å². The molecule has 1 N–H and O–H groups in total. The van der Waals surface area contributed by atoms with Gasteiger partial charge >= 0.3 is 0 Å². The van der Waals surface area contributed by atoms with E-state index in [1.807, 2.05) is 23.1 Å². The van der Waals surface area contributed by atoms with Crippen molar-refractivity contribution < 1.29 is 14.3 Å². The van der Waals surface area contributed by atoms with Crippen molar-refractivity contribution >= 4 is 11.8 Å². The highest BCUT2D eigenvalue weighted by molar-refractivity contribution is 5.80. The normalized spacial score (nSPS) is 23.9. The Kier molecular flexibility index (Phi) is 6.30. The number of likely N-dealkylation sites (tertiary alicyclic amines) is 1. The third kappa shape index (κ3) is 4.85. The van der Waals surface area contributed by atoms with Crippen LogP contribution in [0.4, 0.5) is 0 Å². The average Bonchev–Trinajstić information content (AvgIpc) is 3.07. The van der Waals surface area contributed by atoms with E-state index in [1.54, 1.807) is 0 Å². The predicted molar refractivity (Wildman–Crippen MR) is 100 cm³/mol. The number of hydrogen-bond donors (Lipinski definition) is 1. The summed E-state index contributed by atoms with van der Waals surface area (Å²) in [6, 6.07) is 10.2. The Morgan fingerprint density at radius 2 is 2.00 bits per heavy atom. The van der Waals surface area contributed by atoms with Crippen molar-refractivity contribution in [3.63, 3.8) is 0 Å². The second-order valence-electron chi connectivity index (χ2n) is 7.56. The Labute approximate surface area is 156 Å². The van der Waals surface area contributed by atoms with Gasteiger partial charge in [0.05, 0.1) is 12.7 Å². The van der Waals surface area contributed by atoms with Gasteiger partial charge in [0, 0.05) is 31.5 Å². The summed E-state index contributed by atoms with van der Waals surface area (Å²) in [5.74, 6) is 0.330. The molecule has 0 bridgehead atoms. The minimum atomic E-state index is -0.163. The van der Waals surface area contributed by atoms with E-state index in [4.69, 9.17) is 4.74 Å². The zero-order chi connectivity index (χ0) is 18.4. The van der Waals surface area contributed by atoms with Gasteiger partial charge < -0.3 is 15.0 Å². The SMILES string of the molecule is CCC1(CCC(=O)N2CCC(OCc3ccccc3)CC2)CCC(=O)N1. The van der Waals surface area contributed by atoms with Crippen molar-refractivity contribution in [1.82, 2.24) is 10.2 Å². The second-order valence-corrected chi connectivity index (χ2v) is 7.56. The molecule has 142 valence electrons. The second kappa shape index (κ2) is 8.67. The van der Waals surface area contributed by atoms with Crippen LogP contribution in [-0.2, 0) is 20.9 Å². The van der Waals surface area contributed by atoms with Crippen molar-refractivity contribution in [2.24, 2.45) is 0 Å². The fourth-order valence-electron chi connectivity index (χ4n) is 3.97. The molecule has 2 aliphatic rings. The molecule has 0 aliphatic carbocycles. The van der Waals surface area contributed by atoms with Crippen LogP contribution in [0.2, 0.25) is 0 Å². The first-order valence-corrected chi connectivity index (χ1v) is 9.84. The Morgan fingerprint density at radius 3 is 2.62 bits per heavy atom. The average molecular weight is 358 g/mol. The summed E-state index contributed by atoms with van der Waals surface area (Å²) >= 11 is 0. The number of carbonyl (C=O) groups excluding carboxylic acids is 2. The maximum Gasteiger partial charge on any atom is 0.222 e. The van der Waals surface area contributed by atoms with Crippen molar-refractivity contribution in [1.29, 1.82) is 0 Å². The summed E-state index contributed by atoms with van der Waals surface area (Å²) in [5.41, 5.74) is 1.03. The molecule has 0 aromatic heterocycles. The smallest absolute Gasteiger partial charge is 0.222 e. The number of rotatable bonds is 7. The van der Waals surface area contributed by atoms with Gasteiger partial charge in [0.25, 0.3) is 0 Å². The van der Waals surface area contributed by atoms with Gasteiger partial charge in [0.1, 0.15) is 0 Å². The Bertz CT molecular complexity index is 611. The summed E-state index contributed by atoms with van der Waals surface area (Å²) in [6.45, 7) is 4.26. The molecule has 1 aromatic rings. The first kappa shape index (κ1) is 18.9. The monoisotopic (exact) mass is 358 g/mol. The maximum absolute atomic E-state index is 12.6. The van der Waals surface area contributed by atoms with E-state index in [1.165, 1.54) is 5.56 Å². The first-order chi connectivity index (χ1) is 12.6. The molecule has 2 saturated heterocycles. The molecule has 2 amide bonds. The number of nitrogens with one attached hydrogen (secondary N) is 1. The Morgan fingerprint density at radius 1 is 1.27 bits per heavy atom. The van der Waals surface area contributed by atoms with Crippen LogP contribution < -0.4 is 5.32 Å². The summed E-state index contributed by atoms with van der Waals surface area (Å²) in [5, 5.41) is 3.09. The molecule has 0 saturated carbocycles. The third-order valence-corrected chi connectivity index (χ3v) is 5.85. The van der Waals surface area contributed by atoms with Gasteiger partial charge in [-0.3, -0.25) is 9.59 Å². The molecule has 26 heavy (non-hydrogen) atoms. The fourth-order valence-corrected chi connectivity index (χ4v) is 3.97. The van der Waals surface area contributed by atoms with E-state index in [9.17, 15) is 9.59 Å². The van der Waals surface area contributed by atoms with Crippen LogP contribution in [0.25, 0.3) is 0 Å². The summed E-state index contributed by atoms with van der Waals surface area (Å²) < 4.78 is 6.00. The molecule has 2 heterocycles. The lowest BCUT2D eigenvalue weighted by Crippen LogP contribution is -2.44. The van der Waals surface area contributed by atoms with Gasteiger partial charge in [0.2, 0.25) is 11.8 Å². The molecular formula is C21H30N2O3. The van der Waals surface area contributed by atoms with Crippen molar-refractivity contribution in [2.75, 3.05) is 13.1 Å². The summed E-state index contributed by atoms with van der Waals surface area (Å²) in [4.78, 5) is 26.1. The molecule has 1 atom stereocenters. The number of carbonyl (C=O) groups is 2. The van der Waals surface area contributed by atoms with Crippen LogP contribution in [0.5, 0.6) is 0 Å². The van der Waals surface area contributed by atoms with E-state index in [0.717, 1.165) is 45.2 Å². The summed E-state index contributed by atoms with van der Waals surface area (Å²) in [6.07, 6.45) is 5.62. The first-order valence-electron chi connectivity index (χ1n) is 9.84. The molecule has 5 heteroatoms. The highest BCUT2D eigenvalue weighted by Crippen LogP contribution is 2.29. The van der Waals surface area contributed by atoms with Crippen molar-refractivity contribution in [3.8, 4) is 0 Å². The van der Waals surface area contributed by atoms with Crippen molar-refractivity contribution in [2.45, 2.75) is 70.1 Å². The van der Waals surface area contributed by atoms with Gasteiger partial charge in [-0.05, 0) is 37.7 Å². The van der Waals surface area contributed by atoms with E-state index < -0.39 is 0 Å². The molecule has 1 aromatic carbocycles. The molecule has 3 rings (SSSR count). The molecule has 2 aliphatic heterocycles. The number of hydrogen-bond acceptors (Lipinski definition) is 3. The molecular weight excluding hydrogens is 328 g/mol. The van der Waals surface area contributed by atoms with Gasteiger partial charge in [-0.15, -0.1) is 0 Å². The highest BCUT2D eigenvalue weighted by Gasteiger charge is 2.36. The lowest BCUT2D eigenvalue weighted by Gasteiger charge is -2.33. The fraction of sp³-hybridized carbons (Fsp3) is 0.619. The zero-order valence-electron chi connectivity index (χ0n) is 15.7. The van der Waals surface area contributed by atoms with E-state index in [2.05, 4.69) is 24.4 Å². The van der Waals surface area contributed by atoms with Gasteiger partial charge in [0.15, 0.2) is 0 Å². The standard InChI is InChI=1S/C21H30N2O3/c1-2-21(12-8-19(24)22-21)13-9-20(25)23-14-10-18(11-15-23)26-16-17-6-4-3-5-7-17/h3-7,18H,2,8-16H2,1H3,(H,22,24). The van der Waals surface area contributed by atoms with Crippen LogP contribution in [0.15, 0.2) is 30.3 Å². The predicted octanol–water partition coefficient (Wildman–Crippen LogP) is 3.03. The maximum atomic E-state index is 12.6. The minimum Gasteiger partial charge on any atom is -0.373 e. The molecule has 1 unspecified atom stereocenters. The lowest BCUT2D eigenvalue weighted by atomic mass is 9.88. The quantitative estimate of drug-likeness (QED) is 0.815. The van der Waals surface area contributed by atoms with Crippen LogP contribution in [0, 0.1) is 0 Å². The van der Waals surface area contributed by atoms with Gasteiger partial charge in [-0.1, -0.05) is 37.3 Å². The van der Waals surface area contributed by atoms with Gasteiger partial charge in [-0.2, -0.15) is 0 Å². The van der Waals surface area contributed by atoms with Crippen LogP contribution in [0.3, 0.4) is 0 Å². The Hall–Kier alpha value is -1.88. The van der Waals surface area contributed by atoms with Crippen LogP contribution in [-0.4, -0.2) is 41.4 Å². The summed E-state index contributed by atoms with van der Waals surface area (Å²) in [7, 11) is 0.